The Morgan fingerprint density at radius 2 is 0.350 bits per heavy atom. The zero-order chi connectivity index (χ0) is 92.6. The van der Waals surface area contributed by atoms with E-state index in [0.29, 0.717) is 0 Å². The topological polar surface area (TPSA) is 6.48 Å². The molecule has 2 aliphatic rings. The minimum absolute atomic E-state index is 0.540. The van der Waals surface area contributed by atoms with Crippen molar-refractivity contribution in [1.29, 1.82) is 0 Å². The van der Waals surface area contributed by atoms with E-state index in [1.807, 2.05) is 0 Å². The minimum Gasteiger partial charge on any atom is -0.309 e. The lowest BCUT2D eigenvalue weighted by Crippen LogP contribution is -2.28. The largest absolute Gasteiger partial charge is 0.309 e. The Bertz CT molecular complexity index is 8810. The summed E-state index contributed by atoms with van der Waals surface area (Å²) in [6.45, 7) is 0. The molecule has 0 saturated heterocycles. The number of fused-ring (bicyclic) bond motifs is 12. The molecule has 2 heteroatoms. The van der Waals surface area contributed by atoms with Crippen LogP contribution < -0.4 is 9.80 Å². The van der Waals surface area contributed by atoms with Crippen LogP contribution in [0, 0.1) is 0 Å². The summed E-state index contributed by atoms with van der Waals surface area (Å²) >= 11 is 0. The molecule has 654 valence electrons. The van der Waals surface area contributed by atoms with Gasteiger partial charge >= 0.3 is 0 Å². The van der Waals surface area contributed by atoms with E-state index in [-0.39, 0.29) is 0 Å². The first-order chi connectivity index (χ1) is 69.5. The fourth-order valence-electron chi connectivity index (χ4n) is 23.4. The van der Waals surface area contributed by atoms with Crippen LogP contribution in [0.15, 0.2) is 558 Å². The van der Waals surface area contributed by atoms with Crippen LogP contribution in [0.4, 0.5) is 34.1 Å². The fourth-order valence-corrected chi connectivity index (χ4v) is 23.4. The maximum atomic E-state index is 2.55. The molecule has 24 aromatic carbocycles. The van der Waals surface area contributed by atoms with Gasteiger partial charge in [-0.25, -0.2) is 0 Å². The number of nitrogens with zero attached hydrogens (tertiary/aromatic N) is 2. The van der Waals surface area contributed by atoms with Gasteiger partial charge in [0.05, 0.1) is 22.2 Å². The van der Waals surface area contributed by atoms with Crippen LogP contribution in [-0.2, 0) is 10.8 Å². The number of hydrogen-bond acceptors (Lipinski definition) is 2. The van der Waals surface area contributed by atoms with E-state index in [4.69, 9.17) is 0 Å². The summed E-state index contributed by atoms with van der Waals surface area (Å²) in [7, 11) is 0. The summed E-state index contributed by atoms with van der Waals surface area (Å²) in [6.07, 6.45) is 0. The second kappa shape index (κ2) is 34.7. The molecule has 0 spiro atoms. The lowest BCUT2D eigenvalue weighted by atomic mass is 9.67. The van der Waals surface area contributed by atoms with Crippen molar-refractivity contribution < 1.29 is 0 Å². The van der Waals surface area contributed by atoms with Crippen molar-refractivity contribution in [1.82, 2.24) is 0 Å². The van der Waals surface area contributed by atoms with Gasteiger partial charge in [-0.15, -0.1) is 0 Å². The molecule has 0 N–H and O–H groups in total. The molecular weight excluding hydrogens is 1690 g/mol. The number of anilines is 6. The number of benzene rings is 24. The molecule has 0 fully saturated rings. The Hall–Kier alpha value is -18.1. The predicted molar refractivity (Wildman–Crippen MR) is 589 cm³/mol. The van der Waals surface area contributed by atoms with Crippen LogP contribution in [0.5, 0.6) is 0 Å². The maximum Gasteiger partial charge on any atom is 0.0713 e. The van der Waals surface area contributed by atoms with Crippen LogP contribution in [0.1, 0.15) is 44.5 Å². The average molecular weight is 1780 g/mol. The lowest BCUT2D eigenvalue weighted by Gasteiger charge is -2.34. The van der Waals surface area contributed by atoms with Gasteiger partial charge in [-0.2, -0.15) is 0 Å². The second-order valence-corrected chi connectivity index (χ2v) is 37.1. The Kier molecular flexibility index (Phi) is 20.5. The van der Waals surface area contributed by atoms with Crippen LogP contribution in [0.2, 0.25) is 0 Å². The van der Waals surface area contributed by atoms with Gasteiger partial charge in [0.1, 0.15) is 0 Å². The first-order valence-electron chi connectivity index (χ1n) is 48.6. The first-order valence-corrected chi connectivity index (χ1v) is 48.6. The molecule has 0 heterocycles. The molecule has 2 aliphatic carbocycles. The van der Waals surface area contributed by atoms with E-state index >= 15 is 0 Å². The number of rotatable bonds is 19. The molecule has 24 aromatic rings. The van der Waals surface area contributed by atoms with E-state index in [1.54, 1.807) is 0 Å². The van der Waals surface area contributed by atoms with Crippen molar-refractivity contribution in [3.8, 4) is 122 Å². The summed E-state index contributed by atoms with van der Waals surface area (Å²) in [4.78, 5) is 5.09. The monoisotopic (exact) mass is 1780 g/mol. The molecular formula is C138H92N2. The van der Waals surface area contributed by atoms with Crippen LogP contribution in [-0.4, -0.2) is 0 Å². The van der Waals surface area contributed by atoms with Gasteiger partial charge in [0.15, 0.2) is 0 Å². The zero-order valence-electron chi connectivity index (χ0n) is 77.0. The van der Waals surface area contributed by atoms with E-state index in [1.165, 1.54) is 143 Å². The first kappa shape index (κ1) is 82.6. The highest BCUT2D eigenvalue weighted by Gasteiger charge is 2.48. The van der Waals surface area contributed by atoms with Crippen LogP contribution in [0.25, 0.3) is 165 Å². The summed E-state index contributed by atoms with van der Waals surface area (Å²) in [5.74, 6) is 0. The minimum atomic E-state index is -0.669. The Labute approximate surface area is 816 Å². The summed E-state index contributed by atoms with van der Waals surface area (Å²) in [6, 6.07) is 208. The highest BCUT2D eigenvalue weighted by molar-refractivity contribution is 6.24. The van der Waals surface area contributed by atoms with Gasteiger partial charge in [-0.05, 0) is 249 Å². The Morgan fingerprint density at radius 3 is 0.714 bits per heavy atom. The predicted octanol–water partition coefficient (Wildman–Crippen LogP) is 37.0. The van der Waals surface area contributed by atoms with Gasteiger partial charge in [0.2, 0.25) is 0 Å². The molecule has 0 aromatic heterocycles. The molecule has 1 unspecified atom stereocenters. The van der Waals surface area contributed by atoms with Crippen molar-refractivity contribution in [2.24, 2.45) is 0 Å². The molecule has 0 bridgehead atoms. The lowest BCUT2D eigenvalue weighted by molar-refractivity contribution is 0.768. The van der Waals surface area contributed by atoms with Crippen molar-refractivity contribution >= 4 is 77.2 Å². The van der Waals surface area contributed by atoms with Crippen molar-refractivity contribution in [2.45, 2.75) is 10.8 Å². The zero-order valence-corrected chi connectivity index (χ0v) is 77.0. The van der Waals surface area contributed by atoms with Gasteiger partial charge in [0.25, 0.3) is 0 Å². The Balaban J connectivity index is 0.531. The third kappa shape index (κ3) is 13.8. The molecule has 0 radical (unpaired) electrons. The quantitative estimate of drug-likeness (QED) is 0.0745. The van der Waals surface area contributed by atoms with E-state index in [0.717, 1.165) is 101 Å². The second-order valence-electron chi connectivity index (χ2n) is 37.1. The Morgan fingerprint density at radius 1 is 0.121 bits per heavy atom. The van der Waals surface area contributed by atoms with Gasteiger partial charge in [0, 0.05) is 44.6 Å². The average Bonchev–Trinajstić information content (AvgIpc) is 1.52. The van der Waals surface area contributed by atoms with Crippen LogP contribution in [0.3, 0.4) is 0 Å². The maximum absolute atomic E-state index is 2.55. The normalized spacial score (nSPS) is 13.2. The van der Waals surface area contributed by atoms with Gasteiger partial charge in [-0.3, -0.25) is 0 Å². The van der Waals surface area contributed by atoms with E-state index < -0.39 is 10.8 Å². The highest BCUT2D eigenvalue weighted by Crippen LogP contribution is 2.62. The third-order valence-corrected chi connectivity index (χ3v) is 29.6. The van der Waals surface area contributed by atoms with Gasteiger partial charge < -0.3 is 9.80 Å². The van der Waals surface area contributed by atoms with E-state index in [2.05, 4.69) is 568 Å². The summed E-state index contributed by atoms with van der Waals surface area (Å²) in [5, 5.41) is 9.61. The SMILES string of the molecule is c1ccc(-c2ccccc2-c2ccc(-c3ccc(N(c4ccc5c(c4)-c4ccccc4C5(c4ccccc4)c4ccc(-c5cccc(-c6cccc(-c7ccc(-c8ccc(N(c9ccc%10c(c9)-c9ccccc9C%10(c9ccccc9)c9ccccc9)c9c(-c%10ccccc%10)c%10ccccc%10c%10ccccc9%10)cc8)cc7)c6)c5)cc4)c4c(-c5ccccc5)c5ccccc5c5ccccc45)cc3)cc2)cc1. The van der Waals surface area contributed by atoms with E-state index in [9.17, 15) is 0 Å². The molecule has 140 heavy (non-hydrogen) atoms. The molecule has 0 aliphatic heterocycles. The molecule has 26 rings (SSSR count). The van der Waals surface area contributed by atoms with Crippen molar-refractivity contribution in [3.05, 3.63) is 603 Å². The molecule has 1 atom stereocenters. The van der Waals surface area contributed by atoms with Crippen molar-refractivity contribution in [2.75, 3.05) is 9.80 Å². The van der Waals surface area contributed by atoms with Crippen LogP contribution >= 0.6 is 0 Å². The molecule has 0 amide bonds. The highest BCUT2D eigenvalue weighted by atomic mass is 15.2. The molecule has 2 nitrogen and oxygen atoms in total. The fraction of sp³-hybridized carbons (Fsp3) is 0.0145. The number of hydrogen-bond donors (Lipinski definition) is 0. The summed E-state index contributed by atoms with van der Waals surface area (Å²) in [5.41, 5.74) is 41.1. The van der Waals surface area contributed by atoms with Gasteiger partial charge in [-0.1, -0.05) is 497 Å². The standard InChI is InChI=1S/C138H92N2/c1-7-35-99(36-8-1)115-51-19-20-52-116(115)100-71-69-94(70-72-100)96-77-83-112(84-78-96)140(136-126-62-28-24-56-120(126)118-54-22-26-60-124(118)134(136)102-39-11-3-12-40-102)114-86-88-132-128(92-114)122-58-30-32-64-130(122)138(132,109-49-17-6-18-50-109)110-79-73-98(74-80-110)104-42-34-44-106(90-104)105-43-33-41-103(89-105)97-67-65-93(66-68-97)95-75-81-111(82-76-95)139(135-125-61-27-23-55-119(125)117-53-21-25-59-123(117)133(135)101-37-9-2-10-38-101)113-85-87-131-127(91-113)121-57-29-31-63-129(121)137(131,107-45-13-4-14-46-107)108-47-15-5-16-48-108/h1-92H. The smallest absolute Gasteiger partial charge is 0.0713 e. The van der Waals surface area contributed by atoms with Crippen molar-refractivity contribution in [3.63, 3.8) is 0 Å². The molecule has 0 saturated carbocycles. The third-order valence-electron chi connectivity index (χ3n) is 29.6. The summed E-state index contributed by atoms with van der Waals surface area (Å²) < 4.78 is 0.